The van der Waals surface area contributed by atoms with Gasteiger partial charge in [-0.15, -0.1) is 10.2 Å². The van der Waals surface area contributed by atoms with E-state index in [9.17, 15) is 0 Å². The Morgan fingerprint density at radius 2 is 2.04 bits per heavy atom. The van der Waals surface area contributed by atoms with Gasteiger partial charge in [-0.2, -0.15) is 16.4 Å². The quantitative estimate of drug-likeness (QED) is 0.344. The van der Waals surface area contributed by atoms with E-state index in [2.05, 4.69) is 72.3 Å². The van der Waals surface area contributed by atoms with Gasteiger partial charge in [-0.05, 0) is 63.3 Å². The Hall–Kier alpha value is -1.90. The Morgan fingerprint density at radius 3 is 2.78 bits per heavy atom. The van der Waals surface area contributed by atoms with Gasteiger partial charge in [0.1, 0.15) is 6.54 Å². The fraction of sp³-hybridized carbons (Fsp3) is 0.211. The van der Waals surface area contributed by atoms with E-state index in [1.54, 1.807) is 23.1 Å². The number of benzene rings is 1. The minimum Gasteiger partial charge on any atom is -0.414 e. The van der Waals surface area contributed by atoms with Gasteiger partial charge in [-0.1, -0.05) is 36.0 Å². The van der Waals surface area contributed by atoms with Crippen molar-refractivity contribution in [3.05, 3.63) is 68.4 Å². The highest BCUT2D eigenvalue weighted by Gasteiger charge is 2.14. The van der Waals surface area contributed by atoms with Crippen molar-refractivity contribution in [2.75, 3.05) is 0 Å². The van der Waals surface area contributed by atoms with E-state index in [1.807, 2.05) is 18.5 Å². The first-order chi connectivity index (χ1) is 13.1. The lowest BCUT2D eigenvalue weighted by atomic mass is 10.0. The normalized spacial score (nSPS) is 11.2. The largest absolute Gasteiger partial charge is 0.414 e. The molecule has 0 fully saturated rings. The van der Waals surface area contributed by atoms with Gasteiger partial charge < -0.3 is 4.42 Å². The van der Waals surface area contributed by atoms with Crippen LogP contribution in [0, 0.1) is 13.8 Å². The van der Waals surface area contributed by atoms with Gasteiger partial charge in [0.2, 0.25) is 5.89 Å². The first-order valence-electron chi connectivity index (χ1n) is 8.37. The number of aromatic nitrogens is 4. The molecule has 0 N–H and O–H groups in total. The molecular weight excluding hydrogens is 444 g/mol. The van der Waals surface area contributed by atoms with Crippen LogP contribution in [-0.2, 0) is 12.3 Å². The minimum atomic E-state index is 0.470. The summed E-state index contributed by atoms with van der Waals surface area (Å²) in [5.74, 6) is 1.33. The molecule has 4 rings (SSSR count). The van der Waals surface area contributed by atoms with Gasteiger partial charge in [-0.25, -0.2) is 0 Å². The zero-order chi connectivity index (χ0) is 18.8. The third-order valence-electron chi connectivity index (χ3n) is 4.23. The Morgan fingerprint density at radius 1 is 1.19 bits per heavy atom. The van der Waals surface area contributed by atoms with Gasteiger partial charge in [0, 0.05) is 5.75 Å². The lowest BCUT2D eigenvalue weighted by Gasteiger charge is -2.06. The van der Waals surface area contributed by atoms with Crippen molar-refractivity contribution in [3.8, 4) is 11.1 Å². The van der Waals surface area contributed by atoms with Crippen LogP contribution in [0.25, 0.3) is 11.1 Å². The number of thioether (sulfide) groups is 1. The molecule has 4 aromatic rings. The average Bonchev–Trinajstić information content (AvgIpc) is 3.40. The molecule has 0 aliphatic rings. The maximum absolute atomic E-state index is 5.81. The summed E-state index contributed by atoms with van der Waals surface area (Å²) in [5.41, 5.74) is 5.75. The van der Waals surface area contributed by atoms with E-state index in [-0.39, 0.29) is 0 Å². The molecule has 5 nitrogen and oxygen atoms in total. The standard InChI is InChI=1S/C19H17BrN4OS2/c1-12-18(20)13(2)24(23-12)9-17-21-22-19(25-17)27-11-14-5-3-4-6-16(14)15-7-8-26-10-15/h3-8,10H,9,11H2,1-2H3. The van der Waals surface area contributed by atoms with Crippen molar-refractivity contribution < 1.29 is 4.42 Å². The molecule has 3 heterocycles. The number of nitrogens with zero attached hydrogens (tertiary/aromatic N) is 4. The molecule has 0 atom stereocenters. The monoisotopic (exact) mass is 460 g/mol. The molecule has 0 radical (unpaired) electrons. The molecule has 0 aliphatic carbocycles. The number of rotatable bonds is 6. The van der Waals surface area contributed by atoms with Gasteiger partial charge in [0.05, 0.1) is 15.9 Å². The highest BCUT2D eigenvalue weighted by atomic mass is 79.9. The molecule has 8 heteroatoms. The molecule has 1 aromatic carbocycles. The molecule has 0 amide bonds. The van der Waals surface area contributed by atoms with E-state index < -0.39 is 0 Å². The van der Waals surface area contributed by atoms with Crippen molar-refractivity contribution in [3.63, 3.8) is 0 Å². The van der Waals surface area contributed by atoms with E-state index in [0.717, 1.165) is 21.6 Å². The van der Waals surface area contributed by atoms with Crippen LogP contribution in [0.2, 0.25) is 0 Å². The molecule has 0 saturated heterocycles. The highest BCUT2D eigenvalue weighted by Crippen LogP contribution is 2.30. The van der Waals surface area contributed by atoms with Crippen LogP contribution in [0.5, 0.6) is 0 Å². The predicted molar refractivity (Wildman–Crippen MR) is 112 cm³/mol. The first-order valence-corrected chi connectivity index (χ1v) is 11.1. The zero-order valence-electron chi connectivity index (χ0n) is 14.8. The predicted octanol–water partition coefficient (Wildman–Crippen LogP) is 5.71. The number of thiophene rings is 1. The van der Waals surface area contributed by atoms with Crippen LogP contribution in [0.3, 0.4) is 0 Å². The Kier molecular flexibility index (Phi) is 5.47. The van der Waals surface area contributed by atoms with Crippen molar-refractivity contribution >= 4 is 39.0 Å². The maximum atomic E-state index is 5.81. The topological polar surface area (TPSA) is 56.7 Å². The molecule has 0 spiro atoms. The van der Waals surface area contributed by atoms with Gasteiger partial charge in [0.15, 0.2) is 0 Å². The number of hydrogen-bond acceptors (Lipinski definition) is 6. The fourth-order valence-electron chi connectivity index (χ4n) is 2.80. The summed E-state index contributed by atoms with van der Waals surface area (Å²) >= 11 is 6.80. The van der Waals surface area contributed by atoms with Crippen molar-refractivity contribution in [2.24, 2.45) is 0 Å². The summed E-state index contributed by atoms with van der Waals surface area (Å²) in [6, 6.07) is 10.6. The highest BCUT2D eigenvalue weighted by molar-refractivity contribution is 9.10. The van der Waals surface area contributed by atoms with Crippen molar-refractivity contribution in [1.29, 1.82) is 0 Å². The Bertz CT molecular complexity index is 1060. The number of hydrogen-bond donors (Lipinski definition) is 0. The average molecular weight is 461 g/mol. The fourth-order valence-corrected chi connectivity index (χ4v) is 4.53. The molecule has 27 heavy (non-hydrogen) atoms. The molecule has 0 unspecified atom stereocenters. The van der Waals surface area contributed by atoms with Crippen molar-refractivity contribution in [1.82, 2.24) is 20.0 Å². The van der Waals surface area contributed by atoms with Gasteiger partial charge in [0.25, 0.3) is 5.22 Å². The number of halogens is 1. The Labute approximate surface area is 174 Å². The molecule has 138 valence electrons. The van der Waals surface area contributed by atoms with Crippen molar-refractivity contribution in [2.45, 2.75) is 31.4 Å². The summed E-state index contributed by atoms with van der Waals surface area (Å²) < 4.78 is 8.69. The molecular formula is C19H17BrN4OS2. The van der Waals surface area contributed by atoms with Crippen LogP contribution >= 0.6 is 39.0 Å². The van der Waals surface area contributed by atoms with Crippen LogP contribution in [-0.4, -0.2) is 20.0 Å². The van der Waals surface area contributed by atoms with E-state index in [4.69, 9.17) is 4.42 Å². The second kappa shape index (κ2) is 8.00. The zero-order valence-corrected chi connectivity index (χ0v) is 18.1. The first kappa shape index (κ1) is 18.5. The lowest BCUT2D eigenvalue weighted by molar-refractivity contribution is 0.396. The second-order valence-electron chi connectivity index (χ2n) is 6.06. The summed E-state index contributed by atoms with van der Waals surface area (Å²) in [5, 5.41) is 17.7. The van der Waals surface area contributed by atoms with Gasteiger partial charge in [-0.3, -0.25) is 4.68 Å². The SMILES string of the molecule is Cc1nn(Cc2nnc(SCc3ccccc3-c3ccsc3)o2)c(C)c1Br. The molecule has 0 bridgehead atoms. The molecule has 3 aromatic heterocycles. The smallest absolute Gasteiger partial charge is 0.276 e. The number of aryl methyl sites for hydroxylation is 1. The van der Waals surface area contributed by atoms with Crippen LogP contribution < -0.4 is 0 Å². The van der Waals surface area contributed by atoms with Gasteiger partial charge >= 0.3 is 0 Å². The minimum absolute atomic E-state index is 0.470. The van der Waals surface area contributed by atoms with Crippen LogP contribution in [0.15, 0.2) is 55.2 Å². The summed E-state index contributed by atoms with van der Waals surface area (Å²) in [7, 11) is 0. The molecule has 0 aliphatic heterocycles. The second-order valence-corrected chi connectivity index (χ2v) is 8.56. The van der Waals surface area contributed by atoms with E-state index in [0.29, 0.717) is 17.7 Å². The summed E-state index contributed by atoms with van der Waals surface area (Å²) in [4.78, 5) is 0. The van der Waals surface area contributed by atoms with E-state index in [1.165, 1.54) is 16.7 Å². The summed E-state index contributed by atoms with van der Waals surface area (Å²) in [6.45, 7) is 4.45. The summed E-state index contributed by atoms with van der Waals surface area (Å²) in [6.07, 6.45) is 0. The van der Waals surface area contributed by atoms with Crippen LogP contribution in [0.4, 0.5) is 0 Å². The van der Waals surface area contributed by atoms with E-state index >= 15 is 0 Å². The van der Waals surface area contributed by atoms with Crippen LogP contribution in [0.1, 0.15) is 22.8 Å². The maximum Gasteiger partial charge on any atom is 0.276 e. The lowest BCUT2D eigenvalue weighted by Crippen LogP contribution is -2.04. The third kappa shape index (κ3) is 4.02. The molecule has 0 saturated carbocycles. The Balaban J connectivity index is 1.46. The third-order valence-corrected chi connectivity index (χ3v) is 6.93.